The molecule has 0 aromatic heterocycles. The molecule has 0 amide bonds. The largest absolute Gasteiger partial charge is 0.394 e. The second-order valence-electron chi connectivity index (χ2n) is 8.50. The van der Waals surface area contributed by atoms with E-state index in [-0.39, 0.29) is 12.1 Å². The molecule has 26 heavy (non-hydrogen) atoms. The van der Waals surface area contributed by atoms with Crippen LogP contribution in [0.2, 0.25) is 0 Å². The summed E-state index contributed by atoms with van der Waals surface area (Å²) in [5.41, 5.74) is 1.22. The van der Waals surface area contributed by atoms with Gasteiger partial charge in [0.25, 0.3) is 0 Å². The number of rotatable bonds is 4. The lowest BCUT2D eigenvalue weighted by atomic mass is 9.90. The topological polar surface area (TPSA) is 39.2 Å². The first-order valence-electron chi connectivity index (χ1n) is 10.1. The van der Waals surface area contributed by atoms with Crippen molar-refractivity contribution in [3.05, 3.63) is 35.9 Å². The lowest BCUT2D eigenvalue weighted by Gasteiger charge is -2.57. The summed E-state index contributed by atoms with van der Waals surface area (Å²) in [6.07, 6.45) is 2.33. The number of aliphatic hydroxyl groups excluding tert-OH is 1. The van der Waals surface area contributed by atoms with Crippen molar-refractivity contribution in [2.24, 2.45) is 0 Å². The van der Waals surface area contributed by atoms with Gasteiger partial charge in [-0.15, -0.1) is 0 Å². The van der Waals surface area contributed by atoms with Gasteiger partial charge in [0.15, 0.2) is 0 Å². The maximum absolute atomic E-state index is 10.2. The Morgan fingerprint density at radius 2 is 1.85 bits per heavy atom. The van der Waals surface area contributed by atoms with Crippen LogP contribution < -0.4 is 0 Å². The predicted molar refractivity (Wildman–Crippen MR) is 103 cm³/mol. The van der Waals surface area contributed by atoms with Gasteiger partial charge < -0.3 is 9.84 Å². The Morgan fingerprint density at radius 3 is 2.58 bits per heavy atom. The van der Waals surface area contributed by atoms with E-state index in [0.717, 1.165) is 65.3 Å². The molecule has 5 heteroatoms. The Balaban J connectivity index is 1.46. The monoisotopic (exact) mass is 359 g/mol. The van der Waals surface area contributed by atoms with Crippen LogP contribution in [0.3, 0.4) is 0 Å². The molecule has 1 N–H and O–H groups in total. The maximum Gasteiger partial charge on any atom is 0.0625 e. The number of hydrogen-bond acceptors (Lipinski definition) is 5. The molecular weight excluding hydrogens is 326 g/mol. The normalized spacial score (nSPS) is 32.5. The molecule has 2 atom stereocenters. The third-order valence-electron chi connectivity index (χ3n) is 6.54. The molecule has 0 radical (unpaired) electrons. The third kappa shape index (κ3) is 3.82. The van der Waals surface area contributed by atoms with Gasteiger partial charge in [-0.1, -0.05) is 30.3 Å². The van der Waals surface area contributed by atoms with E-state index in [2.05, 4.69) is 52.0 Å². The fraction of sp³-hybridized carbons (Fsp3) is 0.714. The molecule has 5 nitrogen and oxygen atoms in total. The number of benzene rings is 1. The Morgan fingerprint density at radius 1 is 1.08 bits per heavy atom. The zero-order valence-electron chi connectivity index (χ0n) is 16.0. The van der Waals surface area contributed by atoms with Gasteiger partial charge in [0.1, 0.15) is 0 Å². The third-order valence-corrected chi connectivity index (χ3v) is 6.54. The highest BCUT2D eigenvalue weighted by molar-refractivity contribution is 5.15. The highest BCUT2D eigenvalue weighted by Gasteiger charge is 2.45. The van der Waals surface area contributed by atoms with Crippen LogP contribution in [0.1, 0.15) is 25.3 Å². The maximum atomic E-state index is 10.2. The molecule has 0 spiro atoms. The summed E-state index contributed by atoms with van der Waals surface area (Å²) in [6, 6.07) is 11.9. The molecule has 3 aliphatic heterocycles. The van der Waals surface area contributed by atoms with E-state index in [4.69, 9.17) is 4.74 Å². The molecule has 0 saturated carbocycles. The first-order chi connectivity index (χ1) is 12.7. The van der Waals surface area contributed by atoms with Crippen molar-refractivity contribution in [1.82, 2.24) is 14.7 Å². The smallest absolute Gasteiger partial charge is 0.0625 e. The number of ether oxygens (including phenoxy) is 1. The molecule has 0 aliphatic carbocycles. The van der Waals surface area contributed by atoms with E-state index < -0.39 is 0 Å². The summed E-state index contributed by atoms with van der Waals surface area (Å²) in [5, 5.41) is 10.2. The summed E-state index contributed by atoms with van der Waals surface area (Å²) in [5.74, 6) is 0. The van der Waals surface area contributed by atoms with Gasteiger partial charge in [-0.25, -0.2) is 0 Å². The molecule has 1 aromatic carbocycles. The summed E-state index contributed by atoms with van der Waals surface area (Å²) in [4.78, 5) is 7.82. The van der Waals surface area contributed by atoms with Crippen molar-refractivity contribution in [3.8, 4) is 0 Å². The van der Waals surface area contributed by atoms with Crippen molar-refractivity contribution in [2.75, 3.05) is 52.5 Å². The highest BCUT2D eigenvalue weighted by Crippen LogP contribution is 2.30. The zero-order valence-corrected chi connectivity index (χ0v) is 16.0. The summed E-state index contributed by atoms with van der Waals surface area (Å²) in [7, 11) is 0. The van der Waals surface area contributed by atoms with E-state index in [1.165, 1.54) is 5.56 Å². The summed E-state index contributed by atoms with van der Waals surface area (Å²) < 4.78 is 5.55. The van der Waals surface area contributed by atoms with Crippen LogP contribution >= 0.6 is 0 Å². The van der Waals surface area contributed by atoms with Gasteiger partial charge in [0, 0.05) is 64.6 Å². The van der Waals surface area contributed by atoms with E-state index in [0.29, 0.717) is 12.1 Å². The van der Waals surface area contributed by atoms with Gasteiger partial charge in [-0.3, -0.25) is 14.7 Å². The van der Waals surface area contributed by atoms with E-state index >= 15 is 0 Å². The zero-order chi connectivity index (χ0) is 18.0. The van der Waals surface area contributed by atoms with Gasteiger partial charge in [-0.2, -0.15) is 0 Å². The molecule has 144 valence electrons. The van der Waals surface area contributed by atoms with Crippen molar-refractivity contribution in [2.45, 2.75) is 43.9 Å². The minimum absolute atomic E-state index is 0.139. The van der Waals surface area contributed by atoms with Crippen molar-refractivity contribution in [1.29, 1.82) is 0 Å². The molecule has 3 fully saturated rings. The Labute approximate surface area is 157 Å². The minimum atomic E-state index is -0.139. The first-order valence-corrected chi connectivity index (χ1v) is 10.1. The molecule has 0 bridgehead atoms. The first kappa shape index (κ1) is 18.4. The van der Waals surface area contributed by atoms with Crippen molar-refractivity contribution in [3.63, 3.8) is 0 Å². The van der Waals surface area contributed by atoms with Crippen LogP contribution in [0.5, 0.6) is 0 Å². The van der Waals surface area contributed by atoms with Gasteiger partial charge in [0.05, 0.1) is 12.1 Å². The van der Waals surface area contributed by atoms with Crippen LogP contribution in [0.4, 0.5) is 0 Å². The van der Waals surface area contributed by atoms with E-state index in [1.807, 2.05) is 0 Å². The number of nitrogens with zero attached hydrogens (tertiary/aromatic N) is 3. The molecule has 3 aliphatic rings. The molecule has 3 heterocycles. The lowest BCUT2D eigenvalue weighted by Crippen LogP contribution is -2.72. The van der Waals surface area contributed by atoms with Gasteiger partial charge in [0.2, 0.25) is 0 Å². The molecule has 4 rings (SSSR count). The molecular formula is C21H33N3O2. The van der Waals surface area contributed by atoms with Gasteiger partial charge in [-0.05, 0) is 25.3 Å². The minimum Gasteiger partial charge on any atom is -0.394 e. The molecule has 1 aromatic rings. The van der Waals surface area contributed by atoms with Crippen LogP contribution in [0, 0.1) is 0 Å². The second-order valence-corrected chi connectivity index (χ2v) is 8.50. The van der Waals surface area contributed by atoms with Crippen LogP contribution in [-0.4, -0.2) is 90.0 Å². The number of piperazine rings is 2. The predicted octanol–water partition coefficient (Wildman–Crippen LogP) is 1.42. The number of aliphatic hydroxyl groups is 1. The number of fused-ring (bicyclic) bond motifs is 1. The van der Waals surface area contributed by atoms with Crippen LogP contribution in [0.25, 0.3) is 0 Å². The second kappa shape index (κ2) is 7.95. The Bertz CT molecular complexity index is 578. The fourth-order valence-corrected chi connectivity index (χ4v) is 5.17. The Hall–Kier alpha value is -0.980. The SMILES string of the molecule is C[C@@]1(CO)CN(Cc2ccccc2)C[C@@H]2CN(C3CCOCC3)CCN21. The van der Waals surface area contributed by atoms with Crippen LogP contribution in [-0.2, 0) is 11.3 Å². The van der Waals surface area contributed by atoms with Crippen molar-refractivity contribution >= 4 is 0 Å². The molecule has 3 saturated heterocycles. The van der Waals surface area contributed by atoms with Gasteiger partial charge >= 0.3 is 0 Å². The summed E-state index contributed by atoms with van der Waals surface area (Å²) in [6.45, 7) is 10.6. The molecule has 0 unspecified atom stereocenters. The quantitative estimate of drug-likeness (QED) is 0.880. The fourth-order valence-electron chi connectivity index (χ4n) is 5.17. The van der Waals surface area contributed by atoms with Crippen molar-refractivity contribution < 1.29 is 9.84 Å². The average molecular weight is 360 g/mol. The Kier molecular flexibility index (Phi) is 5.62. The summed E-state index contributed by atoms with van der Waals surface area (Å²) >= 11 is 0. The van der Waals surface area contributed by atoms with E-state index in [1.54, 1.807) is 0 Å². The highest BCUT2D eigenvalue weighted by atomic mass is 16.5. The number of hydrogen-bond donors (Lipinski definition) is 1. The standard InChI is InChI=1S/C21H33N3O2/c1-21(17-25)16-22(13-18-5-3-2-4-6-18)14-20-15-23(9-10-24(20)21)19-7-11-26-12-8-19/h2-6,19-20,25H,7-17H2,1H3/t20-,21+/m1/s1. The lowest BCUT2D eigenvalue weighted by molar-refractivity contribution is -0.105. The average Bonchev–Trinajstić information content (AvgIpc) is 2.69. The van der Waals surface area contributed by atoms with E-state index in [9.17, 15) is 5.11 Å². The van der Waals surface area contributed by atoms with Crippen LogP contribution in [0.15, 0.2) is 30.3 Å².